The number of fused-ring (bicyclic) bond motifs is 2. The molecule has 2 aliphatic heterocycles. The average Bonchev–Trinajstić information content (AvgIpc) is 3.05. The van der Waals surface area contributed by atoms with Gasteiger partial charge in [-0.15, -0.1) is 0 Å². The van der Waals surface area contributed by atoms with E-state index >= 15 is 0 Å². The molecule has 0 fully saturated rings. The van der Waals surface area contributed by atoms with Crippen LogP contribution in [0.3, 0.4) is 0 Å². The lowest BCUT2D eigenvalue weighted by Gasteiger charge is -2.35. The summed E-state index contributed by atoms with van der Waals surface area (Å²) in [6.45, 7) is 1.27. The maximum Gasteiger partial charge on any atom is 0.231 e. The van der Waals surface area contributed by atoms with E-state index in [1.54, 1.807) is 7.11 Å². The summed E-state index contributed by atoms with van der Waals surface area (Å²) < 4.78 is 16.1. The Bertz CT molecular complexity index is 774. The third kappa shape index (κ3) is 2.55. The van der Waals surface area contributed by atoms with Crippen LogP contribution in [0.1, 0.15) is 22.7 Å². The Morgan fingerprint density at radius 3 is 2.88 bits per heavy atom. The Kier molecular flexibility index (Phi) is 3.73. The minimum atomic E-state index is 0.197. The largest absolute Gasteiger partial charge is 0.504 e. The Morgan fingerprint density at radius 1 is 1.21 bits per heavy atom. The summed E-state index contributed by atoms with van der Waals surface area (Å²) in [5, 5.41) is 10.2. The Balaban J connectivity index is 1.67. The Morgan fingerprint density at radius 2 is 2.04 bits per heavy atom. The van der Waals surface area contributed by atoms with Crippen molar-refractivity contribution >= 4 is 0 Å². The molecule has 24 heavy (non-hydrogen) atoms. The molecule has 1 atom stereocenters. The number of aromatic hydroxyl groups is 1. The van der Waals surface area contributed by atoms with Gasteiger partial charge < -0.3 is 19.3 Å². The first-order chi connectivity index (χ1) is 11.7. The molecule has 2 aromatic carbocycles. The van der Waals surface area contributed by atoms with Gasteiger partial charge in [-0.3, -0.25) is 4.90 Å². The molecule has 5 heteroatoms. The van der Waals surface area contributed by atoms with E-state index in [1.165, 1.54) is 16.7 Å². The Hall–Kier alpha value is -2.40. The molecule has 2 aromatic rings. The SMILES string of the molecule is COc1cc2c(cc1O)[C@@H](Cc1ccc3c(c1)OCO3)N(C)CC2. The third-order valence-electron chi connectivity index (χ3n) is 4.93. The van der Waals surface area contributed by atoms with Gasteiger partial charge in [0.05, 0.1) is 7.11 Å². The zero-order valence-corrected chi connectivity index (χ0v) is 13.9. The first kappa shape index (κ1) is 15.1. The standard InChI is InChI=1S/C19H21NO4/c1-20-6-5-13-9-18(22-2)16(21)10-14(13)15(20)7-12-3-4-17-19(8-12)24-11-23-17/h3-4,8-10,15,21H,5-7,11H2,1-2H3/t15-/m1/s1. The summed E-state index contributed by atoms with van der Waals surface area (Å²) in [6.07, 6.45) is 1.81. The lowest BCUT2D eigenvalue weighted by Crippen LogP contribution is -2.33. The molecule has 0 aliphatic carbocycles. The molecule has 126 valence electrons. The normalized spacial score (nSPS) is 19.2. The number of methoxy groups -OCH3 is 1. The first-order valence-electron chi connectivity index (χ1n) is 8.14. The molecule has 2 heterocycles. The van der Waals surface area contributed by atoms with Crippen molar-refractivity contribution in [1.82, 2.24) is 4.90 Å². The molecule has 0 bridgehead atoms. The van der Waals surface area contributed by atoms with Crippen LogP contribution in [0.25, 0.3) is 0 Å². The number of hydrogen-bond donors (Lipinski definition) is 1. The molecule has 5 nitrogen and oxygen atoms in total. The topological polar surface area (TPSA) is 51.2 Å². The van der Waals surface area contributed by atoms with Gasteiger partial charge in [-0.2, -0.15) is 0 Å². The van der Waals surface area contributed by atoms with E-state index in [0.29, 0.717) is 12.5 Å². The highest BCUT2D eigenvalue weighted by molar-refractivity contribution is 5.50. The number of hydrogen-bond acceptors (Lipinski definition) is 5. The van der Waals surface area contributed by atoms with Gasteiger partial charge in [-0.25, -0.2) is 0 Å². The van der Waals surface area contributed by atoms with Crippen molar-refractivity contribution in [2.24, 2.45) is 0 Å². The van der Waals surface area contributed by atoms with Gasteiger partial charge >= 0.3 is 0 Å². The van der Waals surface area contributed by atoms with E-state index in [-0.39, 0.29) is 11.8 Å². The lowest BCUT2D eigenvalue weighted by atomic mass is 9.88. The minimum Gasteiger partial charge on any atom is -0.504 e. The first-order valence-corrected chi connectivity index (χ1v) is 8.14. The van der Waals surface area contributed by atoms with Crippen molar-refractivity contribution in [2.75, 3.05) is 27.5 Å². The van der Waals surface area contributed by atoms with Crippen LogP contribution in [0.4, 0.5) is 0 Å². The summed E-state index contributed by atoms with van der Waals surface area (Å²) in [7, 11) is 3.71. The van der Waals surface area contributed by atoms with Gasteiger partial charge in [0.1, 0.15) is 0 Å². The molecule has 0 unspecified atom stereocenters. The fourth-order valence-corrected chi connectivity index (χ4v) is 3.56. The van der Waals surface area contributed by atoms with E-state index in [1.807, 2.05) is 24.3 Å². The molecule has 0 saturated heterocycles. The van der Waals surface area contributed by atoms with E-state index in [9.17, 15) is 5.11 Å². The molecule has 2 aliphatic rings. The maximum absolute atomic E-state index is 10.2. The second kappa shape index (κ2) is 5.91. The van der Waals surface area contributed by atoms with Crippen molar-refractivity contribution in [2.45, 2.75) is 18.9 Å². The van der Waals surface area contributed by atoms with Crippen molar-refractivity contribution in [3.8, 4) is 23.0 Å². The molecule has 1 N–H and O–H groups in total. The average molecular weight is 327 g/mol. The number of benzene rings is 2. The maximum atomic E-state index is 10.2. The lowest BCUT2D eigenvalue weighted by molar-refractivity contribution is 0.174. The highest BCUT2D eigenvalue weighted by atomic mass is 16.7. The van der Waals surface area contributed by atoms with Crippen LogP contribution in [-0.4, -0.2) is 37.5 Å². The van der Waals surface area contributed by atoms with E-state index < -0.39 is 0 Å². The predicted octanol–water partition coefficient (Wildman–Crippen LogP) is 2.90. The van der Waals surface area contributed by atoms with Crippen LogP contribution < -0.4 is 14.2 Å². The van der Waals surface area contributed by atoms with Gasteiger partial charge in [-0.05, 0) is 60.8 Å². The van der Waals surface area contributed by atoms with Gasteiger partial charge in [0, 0.05) is 12.6 Å². The van der Waals surface area contributed by atoms with Crippen LogP contribution in [0.2, 0.25) is 0 Å². The highest BCUT2D eigenvalue weighted by Crippen LogP contribution is 2.39. The fourth-order valence-electron chi connectivity index (χ4n) is 3.56. The number of phenolic OH excluding ortho intramolecular Hbond substituents is 1. The third-order valence-corrected chi connectivity index (χ3v) is 4.93. The van der Waals surface area contributed by atoms with Crippen molar-refractivity contribution in [3.63, 3.8) is 0 Å². The number of phenols is 1. The van der Waals surface area contributed by atoms with E-state index in [4.69, 9.17) is 14.2 Å². The van der Waals surface area contributed by atoms with Gasteiger partial charge in [0.15, 0.2) is 23.0 Å². The zero-order chi connectivity index (χ0) is 16.7. The van der Waals surface area contributed by atoms with Crippen LogP contribution >= 0.6 is 0 Å². The van der Waals surface area contributed by atoms with Gasteiger partial charge in [0.2, 0.25) is 6.79 Å². The quantitative estimate of drug-likeness (QED) is 0.939. The van der Waals surface area contributed by atoms with Crippen molar-refractivity contribution < 1.29 is 19.3 Å². The molecule has 0 amide bonds. The number of likely N-dealkylation sites (N-methyl/N-ethyl adjacent to an activating group) is 1. The number of ether oxygens (including phenoxy) is 3. The molecule has 0 spiro atoms. The molecule has 0 saturated carbocycles. The van der Waals surface area contributed by atoms with Crippen LogP contribution in [0.5, 0.6) is 23.0 Å². The van der Waals surface area contributed by atoms with Crippen LogP contribution in [0.15, 0.2) is 30.3 Å². The smallest absolute Gasteiger partial charge is 0.231 e. The predicted molar refractivity (Wildman–Crippen MR) is 90.0 cm³/mol. The molecular weight excluding hydrogens is 306 g/mol. The van der Waals surface area contributed by atoms with E-state index in [2.05, 4.69) is 18.0 Å². The van der Waals surface area contributed by atoms with Crippen molar-refractivity contribution in [3.05, 3.63) is 47.0 Å². The second-order valence-electron chi connectivity index (χ2n) is 6.36. The highest BCUT2D eigenvalue weighted by Gasteiger charge is 2.27. The number of rotatable bonds is 3. The monoisotopic (exact) mass is 327 g/mol. The molecule has 0 aromatic heterocycles. The fraction of sp³-hybridized carbons (Fsp3) is 0.368. The number of nitrogens with zero attached hydrogens (tertiary/aromatic N) is 1. The summed E-state index contributed by atoms with van der Waals surface area (Å²) in [6, 6.07) is 10.1. The van der Waals surface area contributed by atoms with Crippen LogP contribution in [-0.2, 0) is 12.8 Å². The van der Waals surface area contributed by atoms with Crippen LogP contribution in [0, 0.1) is 0 Å². The van der Waals surface area contributed by atoms with Gasteiger partial charge in [-0.1, -0.05) is 6.07 Å². The molecule has 4 rings (SSSR count). The molecular formula is C19H21NO4. The van der Waals surface area contributed by atoms with Crippen molar-refractivity contribution in [1.29, 1.82) is 0 Å². The van der Waals surface area contributed by atoms with Gasteiger partial charge in [0.25, 0.3) is 0 Å². The minimum absolute atomic E-state index is 0.197. The van der Waals surface area contributed by atoms with E-state index in [0.717, 1.165) is 30.9 Å². The summed E-state index contributed by atoms with van der Waals surface area (Å²) in [5.74, 6) is 2.35. The second-order valence-corrected chi connectivity index (χ2v) is 6.36. The molecule has 0 radical (unpaired) electrons. The summed E-state index contributed by atoms with van der Waals surface area (Å²) in [4.78, 5) is 2.33. The summed E-state index contributed by atoms with van der Waals surface area (Å²) in [5.41, 5.74) is 3.60. The Labute approximate surface area is 141 Å². The zero-order valence-electron chi connectivity index (χ0n) is 13.9. The summed E-state index contributed by atoms with van der Waals surface area (Å²) >= 11 is 0.